The second-order valence-corrected chi connectivity index (χ2v) is 7.11. The molecule has 0 spiro atoms. The summed E-state index contributed by atoms with van der Waals surface area (Å²) in [6.07, 6.45) is 1.90. The molecule has 0 saturated carbocycles. The summed E-state index contributed by atoms with van der Waals surface area (Å²) >= 11 is 0. The average molecular weight is 413 g/mol. The van der Waals surface area contributed by atoms with Crippen molar-refractivity contribution in [3.63, 3.8) is 0 Å². The van der Waals surface area contributed by atoms with Crippen LogP contribution in [0.4, 0.5) is 5.69 Å². The third-order valence-corrected chi connectivity index (χ3v) is 5.05. The number of rotatable bonds is 7. The molecule has 0 aliphatic rings. The fourth-order valence-electron chi connectivity index (χ4n) is 3.58. The Balaban J connectivity index is 1.65. The Labute approximate surface area is 180 Å². The normalized spacial score (nSPS) is 11.8. The molecule has 1 unspecified atom stereocenters. The summed E-state index contributed by atoms with van der Waals surface area (Å²) in [6, 6.07) is 24.2. The molecule has 6 nitrogen and oxygen atoms in total. The highest BCUT2D eigenvalue weighted by molar-refractivity contribution is 6.05. The lowest BCUT2D eigenvalue weighted by Gasteiger charge is -2.19. The lowest BCUT2D eigenvalue weighted by molar-refractivity contribution is -0.143. The molecule has 0 saturated heterocycles. The van der Waals surface area contributed by atoms with Crippen LogP contribution >= 0.6 is 0 Å². The van der Waals surface area contributed by atoms with E-state index in [1.807, 2.05) is 71.3 Å². The number of aromatic nitrogens is 2. The standard InChI is InChI=1S/C25H23N3O3/c1-2-31-24(29)16-23(18-9-5-3-6-10-18)28-17-26-21-15-19(13-14-22(21)28)25(30)27-20-11-7-4-8-12-20/h3-15,17,23H,2,16H2,1H3,(H,27,30). The highest BCUT2D eigenvalue weighted by Gasteiger charge is 2.21. The molecular weight excluding hydrogens is 390 g/mol. The predicted molar refractivity (Wildman–Crippen MR) is 120 cm³/mol. The maximum atomic E-state index is 12.6. The van der Waals surface area contributed by atoms with E-state index >= 15 is 0 Å². The zero-order chi connectivity index (χ0) is 21.6. The number of anilines is 1. The largest absolute Gasteiger partial charge is 0.466 e. The van der Waals surface area contributed by atoms with E-state index in [1.54, 1.807) is 25.4 Å². The lowest BCUT2D eigenvalue weighted by atomic mass is 10.0. The smallest absolute Gasteiger partial charge is 0.308 e. The van der Waals surface area contributed by atoms with Gasteiger partial charge in [-0.1, -0.05) is 48.5 Å². The molecule has 0 aliphatic heterocycles. The van der Waals surface area contributed by atoms with Gasteiger partial charge in [-0.2, -0.15) is 0 Å². The Kier molecular flexibility index (Phi) is 6.08. The number of carbonyl (C=O) groups excluding carboxylic acids is 2. The number of para-hydroxylation sites is 1. The van der Waals surface area contributed by atoms with Gasteiger partial charge in [-0.15, -0.1) is 0 Å². The minimum Gasteiger partial charge on any atom is -0.466 e. The molecule has 4 rings (SSSR count). The van der Waals surface area contributed by atoms with Crippen molar-refractivity contribution < 1.29 is 14.3 Å². The molecule has 0 radical (unpaired) electrons. The van der Waals surface area contributed by atoms with E-state index in [0.717, 1.165) is 16.8 Å². The predicted octanol–water partition coefficient (Wildman–Crippen LogP) is 4.83. The van der Waals surface area contributed by atoms with Crippen molar-refractivity contribution in [1.82, 2.24) is 9.55 Å². The molecule has 1 atom stereocenters. The zero-order valence-electron chi connectivity index (χ0n) is 17.2. The van der Waals surface area contributed by atoms with Gasteiger partial charge in [0.15, 0.2) is 0 Å². The minimum absolute atomic E-state index is 0.194. The van der Waals surface area contributed by atoms with Crippen molar-refractivity contribution >= 4 is 28.6 Å². The second-order valence-electron chi connectivity index (χ2n) is 7.11. The maximum Gasteiger partial charge on any atom is 0.308 e. The average Bonchev–Trinajstić information content (AvgIpc) is 3.22. The molecule has 1 aromatic heterocycles. The summed E-state index contributed by atoms with van der Waals surface area (Å²) in [6.45, 7) is 2.13. The highest BCUT2D eigenvalue weighted by atomic mass is 16.5. The number of amides is 1. The minimum atomic E-state index is -0.267. The molecule has 1 heterocycles. The number of nitrogens with zero attached hydrogens (tertiary/aromatic N) is 2. The number of hydrogen-bond acceptors (Lipinski definition) is 4. The number of benzene rings is 3. The number of hydrogen-bond donors (Lipinski definition) is 1. The summed E-state index contributed by atoms with van der Waals surface area (Å²) < 4.78 is 7.14. The van der Waals surface area contributed by atoms with Gasteiger partial charge in [0, 0.05) is 11.3 Å². The number of carbonyl (C=O) groups is 2. The van der Waals surface area contributed by atoms with Gasteiger partial charge in [0.1, 0.15) is 0 Å². The van der Waals surface area contributed by atoms with Crippen molar-refractivity contribution in [2.75, 3.05) is 11.9 Å². The first-order chi connectivity index (χ1) is 15.2. The number of esters is 1. The van der Waals surface area contributed by atoms with Crippen LogP contribution in [0.1, 0.15) is 35.3 Å². The van der Waals surface area contributed by atoms with Crippen LogP contribution in [0.3, 0.4) is 0 Å². The molecule has 6 heteroatoms. The summed E-state index contributed by atoms with van der Waals surface area (Å²) in [7, 11) is 0. The van der Waals surface area contributed by atoms with Gasteiger partial charge >= 0.3 is 5.97 Å². The SMILES string of the molecule is CCOC(=O)CC(c1ccccc1)n1cnc2cc(C(=O)Nc3ccccc3)ccc21. The van der Waals surface area contributed by atoms with Crippen LogP contribution in [-0.2, 0) is 9.53 Å². The Hall–Kier alpha value is -3.93. The van der Waals surface area contributed by atoms with E-state index in [0.29, 0.717) is 17.7 Å². The first-order valence-corrected chi connectivity index (χ1v) is 10.2. The van der Waals surface area contributed by atoms with Crippen LogP contribution in [0.2, 0.25) is 0 Å². The summed E-state index contributed by atoms with van der Waals surface area (Å²) in [5, 5.41) is 2.88. The van der Waals surface area contributed by atoms with E-state index in [4.69, 9.17) is 4.74 Å². The van der Waals surface area contributed by atoms with Gasteiger partial charge in [-0.05, 0) is 42.8 Å². The summed E-state index contributed by atoms with van der Waals surface area (Å²) in [5.41, 5.74) is 3.76. The van der Waals surface area contributed by atoms with E-state index in [2.05, 4.69) is 10.3 Å². The van der Waals surface area contributed by atoms with Gasteiger partial charge in [0.2, 0.25) is 0 Å². The van der Waals surface area contributed by atoms with Gasteiger partial charge in [-0.25, -0.2) is 4.98 Å². The molecule has 0 fully saturated rings. The molecule has 4 aromatic rings. The first kappa shape index (κ1) is 20.3. The fourth-order valence-corrected chi connectivity index (χ4v) is 3.58. The van der Waals surface area contributed by atoms with Crippen molar-refractivity contribution in [3.05, 3.63) is 96.3 Å². The first-order valence-electron chi connectivity index (χ1n) is 10.2. The van der Waals surface area contributed by atoms with Crippen molar-refractivity contribution in [2.24, 2.45) is 0 Å². The Morgan fingerprint density at radius 1 is 1.00 bits per heavy atom. The molecule has 31 heavy (non-hydrogen) atoms. The van der Waals surface area contributed by atoms with E-state index in [9.17, 15) is 9.59 Å². The van der Waals surface area contributed by atoms with Crippen LogP contribution in [0, 0.1) is 0 Å². The second kappa shape index (κ2) is 9.26. The molecule has 1 N–H and O–H groups in total. The van der Waals surface area contributed by atoms with E-state index in [-0.39, 0.29) is 24.3 Å². The Bertz CT molecular complexity index is 1190. The topological polar surface area (TPSA) is 73.2 Å². The molecular formula is C25H23N3O3. The van der Waals surface area contributed by atoms with Crippen LogP contribution in [0.25, 0.3) is 11.0 Å². The van der Waals surface area contributed by atoms with Crippen molar-refractivity contribution in [3.8, 4) is 0 Å². The molecule has 1 amide bonds. The summed E-state index contributed by atoms with van der Waals surface area (Å²) in [5.74, 6) is -0.467. The van der Waals surface area contributed by atoms with Crippen LogP contribution in [-0.4, -0.2) is 28.0 Å². The molecule has 0 bridgehead atoms. The number of imidazole rings is 1. The van der Waals surface area contributed by atoms with Gasteiger partial charge < -0.3 is 14.6 Å². The van der Waals surface area contributed by atoms with Gasteiger partial charge in [0.05, 0.1) is 36.4 Å². The maximum absolute atomic E-state index is 12.6. The fraction of sp³-hybridized carbons (Fsp3) is 0.160. The van der Waals surface area contributed by atoms with Crippen molar-refractivity contribution in [2.45, 2.75) is 19.4 Å². The number of fused-ring (bicyclic) bond motifs is 1. The molecule has 0 aliphatic carbocycles. The third-order valence-electron chi connectivity index (χ3n) is 5.05. The van der Waals surface area contributed by atoms with Crippen LogP contribution in [0.5, 0.6) is 0 Å². The monoisotopic (exact) mass is 413 g/mol. The van der Waals surface area contributed by atoms with Crippen LogP contribution < -0.4 is 5.32 Å². The highest BCUT2D eigenvalue weighted by Crippen LogP contribution is 2.27. The molecule has 156 valence electrons. The van der Waals surface area contributed by atoms with Crippen LogP contribution in [0.15, 0.2) is 85.2 Å². The third kappa shape index (κ3) is 4.64. The Morgan fingerprint density at radius 3 is 2.42 bits per heavy atom. The van der Waals surface area contributed by atoms with Gasteiger partial charge in [-0.3, -0.25) is 9.59 Å². The number of nitrogens with one attached hydrogen (secondary N) is 1. The summed E-state index contributed by atoms with van der Waals surface area (Å²) in [4.78, 5) is 29.4. The number of ether oxygens (including phenoxy) is 1. The van der Waals surface area contributed by atoms with Gasteiger partial charge in [0.25, 0.3) is 5.91 Å². The van der Waals surface area contributed by atoms with Crippen molar-refractivity contribution in [1.29, 1.82) is 0 Å². The van der Waals surface area contributed by atoms with E-state index in [1.165, 1.54) is 0 Å². The molecule has 3 aromatic carbocycles. The zero-order valence-corrected chi connectivity index (χ0v) is 17.2. The Morgan fingerprint density at radius 2 is 1.71 bits per heavy atom. The quantitative estimate of drug-likeness (QED) is 0.441. The lowest BCUT2D eigenvalue weighted by Crippen LogP contribution is -2.16. The van der Waals surface area contributed by atoms with E-state index < -0.39 is 0 Å².